The second kappa shape index (κ2) is 4.64. The number of nitrogens with zero attached hydrogens (tertiary/aromatic N) is 3. The van der Waals surface area contributed by atoms with Crippen molar-refractivity contribution < 1.29 is 27.6 Å². The van der Waals surface area contributed by atoms with Gasteiger partial charge in [0.15, 0.2) is 5.84 Å². The highest BCUT2D eigenvalue weighted by molar-refractivity contribution is 6.19. The van der Waals surface area contributed by atoms with Gasteiger partial charge in [0.25, 0.3) is 5.91 Å². The van der Waals surface area contributed by atoms with Crippen LogP contribution in [0.2, 0.25) is 0 Å². The minimum absolute atomic E-state index is 0.174. The van der Waals surface area contributed by atoms with Crippen LogP contribution >= 0.6 is 0 Å². The molecular weight excluding hydrogens is 315 g/mol. The average Bonchev–Trinajstić information content (AvgIpc) is 2.46. The van der Waals surface area contributed by atoms with Gasteiger partial charge in [0.2, 0.25) is 17.4 Å². The van der Waals surface area contributed by atoms with E-state index in [1.807, 2.05) is 0 Å². The number of rotatable bonds is 1. The monoisotopic (exact) mass is 325 g/mol. The van der Waals surface area contributed by atoms with Gasteiger partial charge in [-0.3, -0.25) is 14.4 Å². The van der Waals surface area contributed by atoms with Gasteiger partial charge in [0.1, 0.15) is 0 Å². The smallest absolute Gasteiger partial charge is 0.273 e. The maximum absolute atomic E-state index is 13.4. The molecule has 0 radical (unpaired) electrons. The van der Waals surface area contributed by atoms with E-state index in [0.717, 1.165) is 6.92 Å². The fourth-order valence-corrected chi connectivity index (χ4v) is 2.68. The Morgan fingerprint density at radius 3 is 2.30 bits per heavy atom. The molecule has 1 unspecified atom stereocenters. The van der Waals surface area contributed by atoms with Crippen molar-refractivity contribution in [3.05, 3.63) is 35.9 Å². The molecule has 3 amide bonds. The molecule has 0 N–H and O–H groups in total. The predicted octanol–water partition coefficient (Wildman–Crippen LogP) is 1.27. The van der Waals surface area contributed by atoms with Gasteiger partial charge in [-0.1, -0.05) is 30.3 Å². The van der Waals surface area contributed by atoms with E-state index in [4.69, 9.17) is 0 Å². The number of carbonyl (C=O) groups excluding carboxylic acids is 3. The summed E-state index contributed by atoms with van der Waals surface area (Å²) < 4.78 is 40.2. The third-order valence-corrected chi connectivity index (χ3v) is 3.77. The molecule has 2 aliphatic rings. The summed E-state index contributed by atoms with van der Waals surface area (Å²) in [7, 11) is 0. The lowest BCUT2D eigenvalue weighted by Gasteiger charge is -2.55. The number of aliphatic imine (C=N–C) groups is 1. The normalized spacial score (nSPS) is 24.1. The van der Waals surface area contributed by atoms with E-state index in [2.05, 4.69) is 4.99 Å². The number of fused-ring (bicyclic) bond motifs is 1. The molecule has 0 bridgehead atoms. The lowest BCUT2D eigenvalue weighted by atomic mass is 9.82. The van der Waals surface area contributed by atoms with E-state index in [0.29, 0.717) is 5.01 Å². The number of benzene rings is 1. The quantitative estimate of drug-likeness (QED) is 0.730. The van der Waals surface area contributed by atoms with Gasteiger partial charge in [-0.05, 0) is 0 Å². The lowest BCUT2D eigenvalue weighted by Crippen LogP contribution is -2.81. The standard InChI is InChI=1S/C14H10F3N3O3/c1-8(21)19-11(9-5-3-2-4-6-9)18-12(23)13(14(15,16)17)7-10(22)20(13)19/h2-6H,7H2,1H3. The Kier molecular flexibility index (Phi) is 3.07. The molecule has 23 heavy (non-hydrogen) atoms. The minimum Gasteiger partial charge on any atom is -0.273 e. The zero-order chi connectivity index (χ0) is 17.0. The maximum Gasteiger partial charge on any atom is 0.423 e. The molecule has 6 nitrogen and oxygen atoms in total. The van der Waals surface area contributed by atoms with Crippen LogP contribution in [-0.2, 0) is 14.4 Å². The second-order valence-electron chi connectivity index (χ2n) is 5.18. The first-order valence-electron chi connectivity index (χ1n) is 6.59. The summed E-state index contributed by atoms with van der Waals surface area (Å²) in [5, 5.41) is 0.697. The molecule has 0 saturated carbocycles. The van der Waals surface area contributed by atoms with Crippen molar-refractivity contribution in [2.75, 3.05) is 0 Å². The highest BCUT2D eigenvalue weighted by Gasteiger charge is 2.76. The summed E-state index contributed by atoms with van der Waals surface area (Å²) in [6, 6.07) is 7.76. The number of hydrazine groups is 1. The third-order valence-electron chi connectivity index (χ3n) is 3.77. The number of hydrogen-bond acceptors (Lipinski definition) is 3. The van der Waals surface area contributed by atoms with E-state index >= 15 is 0 Å². The minimum atomic E-state index is -5.03. The number of amides is 3. The Hall–Kier alpha value is -2.71. The molecule has 120 valence electrons. The molecule has 9 heteroatoms. The van der Waals surface area contributed by atoms with Gasteiger partial charge >= 0.3 is 6.18 Å². The second-order valence-corrected chi connectivity index (χ2v) is 5.18. The summed E-state index contributed by atoms with van der Waals surface area (Å²) in [5.74, 6) is -3.60. The van der Waals surface area contributed by atoms with Crippen molar-refractivity contribution in [2.24, 2.45) is 4.99 Å². The number of halogens is 3. The topological polar surface area (TPSA) is 70.0 Å². The lowest BCUT2D eigenvalue weighted by molar-refractivity contribution is -0.275. The highest BCUT2D eigenvalue weighted by atomic mass is 19.4. The summed E-state index contributed by atoms with van der Waals surface area (Å²) in [4.78, 5) is 39.2. The van der Waals surface area contributed by atoms with Crippen molar-refractivity contribution in [3.63, 3.8) is 0 Å². The summed E-state index contributed by atoms with van der Waals surface area (Å²) in [5.41, 5.74) is -2.83. The molecule has 3 rings (SSSR count). The molecule has 0 spiro atoms. The van der Waals surface area contributed by atoms with Crippen molar-refractivity contribution >= 4 is 23.6 Å². The first kappa shape index (κ1) is 15.2. The van der Waals surface area contributed by atoms with Gasteiger partial charge in [-0.25, -0.2) is 5.01 Å². The van der Waals surface area contributed by atoms with Crippen molar-refractivity contribution in [1.82, 2.24) is 10.0 Å². The maximum atomic E-state index is 13.4. The molecule has 0 aliphatic carbocycles. The Bertz CT molecular complexity index is 745. The van der Waals surface area contributed by atoms with Crippen molar-refractivity contribution in [3.8, 4) is 0 Å². The Morgan fingerprint density at radius 1 is 1.22 bits per heavy atom. The molecule has 2 heterocycles. The molecule has 0 aromatic heterocycles. The molecule has 1 atom stereocenters. The van der Waals surface area contributed by atoms with E-state index in [1.165, 1.54) is 12.1 Å². The number of alkyl halides is 3. The average molecular weight is 325 g/mol. The van der Waals surface area contributed by atoms with Crippen LogP contribution in [-0.4, -0.2) is 45.3 Å². The van der Waals surface area contributed by atoms with Gasteiger partial charge in [-0.2, -0.15) is 23.2 Å². The van der Waals surface area contributed by atoms with Crippen LogP contribution in [0.4, 0.5) is 13.2 Å². The first-order valence-corrected chi connectivity index (χ1v) is 6.59. The number of amidine groups is 1. The van der Waals surface area contributed by atoms with E-state index < -0.39 is 35.9 Å². The number of β-lactam (4-membered cyclic amide) rings is 1. The van der Waals surface area contributed by atoms with E-state index in [-0.39, 0.29) is 16.4 Å². The highest BCUT2D eigenvalue weighted by Crippen LogP contribution is 2.49. The fourth-order valence-electron chi connectivity index (χ4n) is 2.68. The van der Waals surface area contributed by atoms with Crippen LogP contribution in [0.15, 0.2) is 35.3 Å². The van der Waals surface area contributed by atoms with Gasteiger partial charge in [0, 0.05) is 12.5 Å². The molecule has 1 fully saturated rings. The summed E-state index contributed by atoms with van der Waals surface area (Å²) in [6.45, 7) is 1.00. The van der Waals surface area contributed by atoms with Crippen LogP contribution in [0, 0.1) is 0 Å². The van der Waals surface area contributed by atoms with Crippen molar-refractivity contribution in [2.45, 2.75) is 25.1 Å². The van der Waals surface area contributed by atoms with Gasteiger partial charge in [-0.15, -0.1) is 0 Å². The van der Waals surface area contributed by atoms with Crippen LogP contribution in [0.25, 0.3) is 0 Å². The molecule has 1 aromatic rings. The molecule has 1 aromatic carbocycles. The van der Waals surface area contributed by atoms with Gasteiger partial charge in [0.05, 0.1) is 6.42 Å². The largest absolute Gasteiger partial charge is 0.423 e. The molecule has 2 aliphatic heterocycles. The Balaban J connectivity index is 2.21. The number of hydrogen-bond donors (Lipinski definition) is 0. The number of carbonyl (C=O) groups is 3. The summed E-state index contributed by atoms with van der Waals surface area (Å²) >= 11 is 0. The molecular formula is C14H10F3N3O3. The van der Waals surface area contributed by atoms with Crippen LogP contribution in [0.5, 0.6) is 0 Å². The van der Waals surface area contributed by atoms with E-state index in [1.54, 1.807) is 18.2 Å². The third kappa shape index (κ3) is 1.89. The summed E-state index contributed by atoms with van der Waals surface area (Å²) in [6.07, 6.45) is -6.08. The van der Waals surface area contributed by atoms with E-state index in [9.17, 15) is 27.6 Å². The molecule has 1 saturated heterocycles. The van der Waals surface area contributed by atoms with Crippen LogP contribution in [0.3, 0.4) is 0 Å². The fraction of sp³-hybridized carbons (Fsp3) is 0.286. The zero-order valence-electron chi connectivity index (χ0n) is 11.8. The Labute approximate surface area is 128 Å². The van der Waals surface area contributed by atoms with Gasteiger partial charge < -0.3 is 0 Å². The first-order chi connectivity index (χ1) is 10.7. The Morgan fingerprint density at radius 2 is 1.83 bits per heavy atom. The van der Waals surface area contributed by atoms with Crippen LogP contribution < -0.4 is 0 Å². The SMILES string of the molecule is CC(=O)N1C(c2ccccc2)=NC(=O)C2(C(F)(F)F)CC(=O)N12. The van der Waals surface area contributed by atoms with Crippen LogP contribution in [0.1, 0.15) is 18.9 Å². The van der Waals surface area contributed by atoms with Crippen molar-refractivity contribution in [1.29, 1.82) is 0 Å². The predicted molar refractivity (Wildman–Crippen MR) is 70.8 cm³/mol. The zero-order valence-corrected chi connectivity index (χ0v) is 11.8.